The summed E-state index contributed by atoms with van der Waals surface area (Å²) in [5.41, 5.74) is 0.572. The number of benzene rings is 1. The molecule has 1 fully saturated rings. The van der Waals surface area contributed by atoms with E-state index in [2.05, 4.69) is 15.5 Å². The fourth-order valence-corrected chi connectivity index (χ4v) is 3.41. The number of carbonyl (C=O) groups excluding carboxylic acids is 2. The van der Waals surface area contributed by atoms with Crippen molar-refractivity contribution in [3.8, 4) is 0 Å². The summed E-state index contributed by atoms with van der Waals surface area (Å²) in [7, 11) is 0. The molecule has 2 heterocycles. The Morgan fingerprint density at radius 2 is 1.88 bits per heavy atom. The molecule has 0 radical (unpaired) electrons. The maximum Gasteiger partial charge on any atom is 0.262 e. The van der Waals surface area contributed by atoms with Crippen LogP contribution in [0.2, 0.25) is 0 Å². The molecule has 1 saturated heterocycles. The molecule has 0 bridgehead atoms. The number of amides is 1. The number of carbonyl (C=O) groups is 2. The van der Waals surface area contributed by atoms with Crippen molar-refractivity contribution in [1.82, 2.24) is 15.5 Å². The fourth-order valence-electron chi connectivity index (χ4n) is 2.78. The summed E-state index contributed by atoms with van der Waals surface area (Å²) >= 11 is 1.35. The summed E-state index contributed by atoms with van der Waals surface area (Å²) in [6.07, 6.45) is -0.756. The minimum absolute atomic E-state index is 0.141. The van der Waals surface area contributed by atoms with Crippen molar-refractivity contribution in [1.29, 1.82) is 0 Å². The van der Waals surface area contributed by atoms with Crippen LogP contribution in [-0.2, 0) is 4.74 Å². The predicted octanol–water partition coefficient (Wildman–Crippen LogP) is 1.61. The Morgan fingerprint density at radius 3 is 2.58 bits per heavy atom. The summed E-state index contributed by atoms with van der Waals surface area (Å²) in [6.45, 7) is 4.66. The first kappa shape index (κ1) is 18.7. The van der Waals surface area contributed by atoms with E-state index in [0.717, 1.165) is 32.8 Å². The van der Waals surface area contributed by atoms with Gasteiger partial charge < -0.3 is 10.1 Å². The van der Waals surface area contributed by atoms with E-state index in [1.54, 1.807) is 18.2 Å². The molecule has 26 heavy (non-hydrogen) atoms. The Hall–Kier alpha value is -2.06. The van der Waals surface area contributed by atoms with Crippen molar-refractivity contribution in [3.63, 3.8) is 0 Å². The maximum atomic E-state index is 12.8. The quantitative estimate of drug-likeness (QED) is 0.543. The second-order valence-electron chi connectivity index (χ2n) is 6.02. The lowest BCUT2D eigenvalue weighted by molar-refractivity contribution is 0.0379. The second kappa shape index (κ2) is 9.59. The number of ether oxygens (including phenoxy) is 1. The summed E-state index contributed by atoms with van der Waals surface area (Å²) in [6, 6.07) is 12.6. The van der Waals surface area contributed by atoms with Crippen molar-refractivity contribution >= 4 is 23.0 Å². The van der Waals surface area contributed by atoms with Crippen LogP contribution in [0.1, 0.15) is 20.0 Å². The molecule has 3 rings (SSSR count). The van der Waals surface area contributed by atoms with Gasteiger partial charge in [-0.15, -0.1) is 11.3 Å². The zero-order valence-electron chi connectivity index (χ0n) is 14.5. The Balaban J connectivity index is 1.62. The first-order chi connectivity index (χ1) is 12.7. The molecule has 1 aliphatic heterocycles. The van der Waals surface area contributed by atoms with Crippen LogP contribution < -0.4 is 10.6 Å². The minimum Gasteiger partial charge on any atom is -0.379 e. The summed E-state index contributed by atoms with van der Waals surface area (Å²) in [5.74, 6) is -0.384. The smallest absolute Gasteiger partial charge is 0.262 e. The van der Waals surface area contributed by atoms with E-state index >= 15 is 0 Å². The van der Waals surface area contributed by atoms with Crippen LogP contribution in [0.25, 0.3) is 0 Å². The maximum absolute atomic E-state index is 12.8. The number of thiophene rings is 1. The van der Waals surface area contributed by atoms with Crippen LogP contribution >= 0.6 is 11.3 Å². The molecule has 1 aromatic heterocycles. The number of rotatable bonds is 8. The van der Waals surface area contributed by atoms with Gasteiger partial charge in [0.05, 0.1) is 18.1 Å². The number of nitrogens with zero attached hydrogens (tertiary/aromatic N) is 1. The number of Topliss-reactive ketones (excluding diaryl/α,β-unsaturated/α-hetero) is 1. The third kappa shape index (κ3) is 5.22. The zero-order valence-corrected chi connectivity index (χ0v) is 15.3. The molecule has 6 nitrogen and oxygen atoms in total. The first-order valence-corrected chi connectivity index (χ1v) is 9.59. The predicted molar refractivity (Wildman–Crippen MR) is 102 cm³/mol. The van der Waals surface area contributed by atoms with Gasteiger partial charge in [-0.1, -0.05) is 36.4 Å². The molecular weight excluding hydrogens is 350 g/mol. The van der Waals surface area contributed by atoms with Crippen LogP contribution in [0.4, 0.5) is 0 Å². The van der Waals surface area contributed by atoms with E-state index in [1.807, 2.05) is 29.6 Å². The minimum atomic E-state index is -0.756. The van der Waals surface area contributed by atoms with Crippen molar-refractivity contribution < 1.29 is 14.3 Å². The average Bonchev–Trinajstić information content (AvgIpc) is 3.23. The van der Waals surface area contributed by atoms with Crippen molar-refractivity contribution in [2.24, 2.45) is 0 Å². The number of ketones is 1. The molecule has 1 aromatic carbocycles. The molecule has 0 unspecified atom stereocenters. The molecule has 0 aliphatic carbocycles. The van der Waals surface area contributed by atoms with Gasteiger partial charge >= 0.3 is 0 Å². The van der Waals surface area contributed by atoms with E-state index in [1.165, 1.54) is 11.3 Å². The molecule has 2 N–H and O–H groups in total. The molecule has 1 amide bonds. The highest BCUT2D eigenvalue weighted by Crippen LogP contribution is 2.09. The van der Waals surface area contributed by atoms with E-state index in [0.29, 0.717) is 17.0 Å². The summed E-state index contributed by atoms with van der Waals surface area (Å²) < 4.78 is 5.35. The first-order valence-electron chi connectivity index (χ1n) is 8.71. The van der Waals surface area contributed by atoms with Gasteiger partial charge in [-0.2, -0.15) is 0 Å². The van der Waals surface area contributed by atoms with Gasteiger partial charge in [-0.3, -0.25) is 19.8 Å². The topological polar surface area (TPSA) is 70.7 Å². The number of morpholine rings is 1. The van der Waals surface area contributed by atoms with Crippen molar-refractivity contribution in [2.45, 2.75) is 6.17 Å². The SMILES string of the molecule is O=C(N[C@H](NCCN1CCOCC1)C(=O)c1ccccc1)c1cccs1. The Kier molecular flexibility index (Phi) is 6.90. The molecule has 0 saturated carbocycles. The fraction of sp³-hybridized carbons (Fsp3) is 0.368. The molecule has 1 atom stereocenters. The molecule has 7 heteroatoms. The molecule has 2 aromatic rings. The van der Waals surface area contributed by atoms with Gasteiger partial charge in [0.25, 0.3) is 5.91 Å². The molecule has 0 spiro atoms. The standard InChI is InChI=1S/C19H23N3O3S/c23-17(15-5-2-1-3-6-15)18(21-19(24)16-7-4-14-26-16)20-8-9-22-10-12-25-13-11-22/h1-7,14,18,20H,8-13H2,(H,21,24)/t18-/m0/s1. The second-order valence-corrected chi connectivity index (χ2v) is 6.97. The molecule has 1 aliphatic rings. The van der Waals surface area contributed by atoms with Crippen LogP contribution in [0.5, 0.6) is 0 Å². The lowest BCUT2D eigenvalue weighted by Gasteiger charge is -2.27. The summed E-state index contributed by atoms with van der Waals surface area (Å²) in [5, 5.41) is 7.86. The highest BCUT2D eigenvalue weighted by Gasteiger charge is 2.23. The van der Waals surface area contributed by atoms with Gasteiger partial charge in [-0.25, -0.2) is 0 Å². The van der Waals surface area contributed by atoms with Crippen LogP contribution in [0.3, 0.4) is 0 Å². The number of nitrogens with one attached hydrogen (secondary N) is 2. The Bertz CT molecular complexity index is 700. The Labute approximate surface area is 157 Å². The van der Waals surface area contributed by atoms with Crippen molar-refractivity contribution in [2.75, 3.05) is 39.4 Å². The van der Waals surface area contributed by atoms with Gasteiger partial charge in [0, 0.05) is 31.7 Å². The summed E-state index contributed by atoms with van der Waals surface area (Å²) in [4.78, 5) is 28.1. The third-order valence-corrected chi connectivity index (χ3v) is 5.09. The normalized spacial score (nSPS) is 16.2. The largest absolute Gasteiger partial charge is 0.379 e. The van der Waals surface area contributed by atoms with Crippen molar-refractivity contribution in [3.05, 3.63) is 58.3 Å². The van der Waals surface area contributed by atoms with E-state index < -0.39 is 6.17 Å². The Morgan fingerprint density at radius 1 is 1.12 bits per heavy atom. The van der Waals surface area contributed by atoms with Gasteiger partial charge in [-0.05, 0) is 11.4 Å². The lowest BCUT2D eigenvalue weighted by Crippen LogP contribution is -2.52. The van der Waals surface area contributed by atoms with Gasteiger partial charge in [0.2, 0.25) is 0 Å². The van der Waals surface area contributed by atoms with E-state index in [4.69, 9.17) is 4.74 Å². The number of hydrogen-bond donors (Lipinski definition) is 2. The van der Waals surface area contributed by atoms with Crippen LogP contribution in [0, 0.1) is 0 Å². The molecular formula is C19H23N3O3S. The highest BCUT2D eigenvalue weighted by atomic mass is 32.1. The van der Waals surface area contributed by atoms with Crippen LogP contribution in [0.15, 0.2) is 47.8 Å². The monoisotopic (exact) mass is 373 g/mol. The molecule has 138 valence electrons. The highest BCUT2D eigenvalue weighted by molar-refractivity contribution is 7.12. The average molecular weight is 373 g/mol. The van der Waals surface area contributed by atoms with Gasteiger partial charge in [0.1, 0.15) is 6.17 Å². The van der Waals surface area contributed by atoms with E-state index in [9.17, 15) is 9.59 Å². The van der Waals surface area contributed by atoms with Gasteiger partial charge in [0.15, 0.2) is 5.78 Å². The lowest BCUT2D eigenvalue weighted by atomic mass is 10.1. The van der Waals surface area contributed by atoms with Crippen LogP contribution in [-0.4, -0.2) is 62.1 Å². The zero-order chi connectivity index (χ0) is 18.2. The van der Waals surface area contributed by atoms with E-state index in [-0.39, 0.29) is 11.7 Å². The third-order valence-electron chi connectivity index (χ3n) is 4.22. The number of hydrogen-bond acceptors (Lipinski definition) is 6.